The van der Waals surface area contributed by atoms with Crippen LogP contribution in [0.1, 0.15) is 31.3 Å². The van der Waals surface area contributed by atoms with Gasteiger partial charge in [-0.05, 0) is 18.2 Å². The van der Waals surface area contributed by atoms with Gasteiger partial charge in [0, 0.05) is 19.4 Å². The topological polar surface area (TPSA) is 107 Å². The van der Waals surface area contributed by atoms with Crippen LogP contribution in [0.25, 0.3) is 11.0 Å². The zero-order valence-electron chi connectivity index (χ0n) is 11.8. The summed E-state index contributed by atoms with van der Waals surface area (Å²) in [6.45, 7) is 2.33. The summed E-state index contributed by atoms with van der Waals surface area (Å²) in [6.07, 6.45) is -0.204. The molecule has 0 aliphatic heterocycles. The number of hydrogen-bond acceptors (Lipinski definition) is 7. The van der Waals surface area contributed by atoms with Gasteiger partial charge in [0.15, 0.2) is 0 Å². The van der Waals surface area contributed by atoms with Crippen LogP contribution < -0.4 is 5.43 Å². The van der Waals surface area contributed by atoms with Gasteiger partial charge in [0.1, 0.15) is 23.5 Å². The molecule has 2 aromatic rings. The molecule has 0 saturated carbocycles. The van der Waals surface area contributed by atoms with Crippen molar-refractivity contribution in [1.29, 1.82) is 5.26 Å². The maximum atomic E-state index is 12.1. The van der Waals surface area contributed by atoms with E-state index < -0.39 is 23.7 Å². The number of rotatable bonds is 3. The van der Waals surface area contributed by atoms with Gasteiger partial charge in [0.2, 0.25) is 5.43 Å². The average molecular weight is 301 g/mol. The lowest BCUT2D eigenvalue weighted by Gasteiger charge is -2.17. The Morgan fingerprint density at radius 3 is 2.41 bits per heavy atom. The van der Waals surface area contributed by atoms with Crippen LogP contribution >= 0.6 is 0 Å². The molecule has 0 unspecified atom stereocenters. The molecule has 0 aliphatic rings. The predicted molar refractivity (Wildman–Crippen MR) is 73.5 cm³/mol. The normalized spacial score (nSPS) is 10.3. The van der Waals surface area contributed by atoms with E-state index in [9.17, 15) is 14.4 Å². The molecule has 22 heavy (non-hydrogen) atoms. The number of benzene rings is 1. The summed E-state index contributed by atoms with van der Waals surface area (Å²) >= 11 is 0. The summed E-state index contributed by atoms with van der Waals surface area (Å²) < 4.78 is 15.0. The Hall–Kier alpha value is -3.14. The first-order chi connectivity index (χ1) is 10.4. The highest BCUT2D eigenvalue weighted by Crippen LogP contribution is 2.23. The van der Waals surface area contributed by atoms with Gasteiger partial charge < -0.3 is 13.9 Å². The molecule has 112 valence electrons. The SMILES string of the molecule is CC(=O)OC(OC(C)=O)c1ccc2occ(C#N)c(=O)c2c1. The fourth-order valence-electron chi connectivity index (χ4n) is 1.83. The van der Waals surface area contributed by atoms with E-state index in [4.69, 9.17) is 19.2 Å². The number of carbonyl (C=O) groups is 2. The van der Waals surface area contributed by atoms with Gasteiger partial charge in [-0.1, -0.05) is 0 Å². The smallest absolute Gasteiger partial charge is 0.305 e. The summed E-state index contributed by atoms with van der Waals surface area (Å²) in [6, 6.07) is 6.04. The molecule has 0 amide bonds. The first kappa shape index (κ1) is 15.3. The quantitative estimate of drug-likeness (QED) is 0.628. The molecule has 0 bridgehead atoms. The molecule has 7 heteroatoms. The summed E-state index contributed by atoms with van der Waals surface area (Å²) in [5.41, 5.74) is -0.131. The second-order valence-electron chi connectivity index (χ2n) is 4.40. The van der Waals surface area contributed by atoms with E-state index >= 15 is 0 Å². The molecule has 0 aliphatic carbocycles. The Labute approximate surface area is 124 Å². The fourth-order valence-corrected chi connectivity index (χ4v) is 1.83. The number of nitrogens with zero attached hydrogens (tertiary/aromatic N) is 1. The molecule has 2 rings (SSSR count). The van der Waals surface area contributed by atoms with Crippen LogP contribution in [0.5, 0.6) is 0 Å². The van der Waals surface area contributed by atoms with Crippen LogP contribution in [0.3, 0.4) is 0 Å². The van der Waals surface area contributed by atoms with E-state index in [0.717, 1.165) is 6.26 Å². The van der Waals surface area contributed by atoms with Gasteiger partial charge >= 0.3 is 11.9 Å². The molecule has 0 spiro atoms. The van der Waals surface area contributed by atoms with Gasteiger partial charge in [0.25, 0.3) is 6.29 Å². The molecule has 0 fully saturated rings. The Morgan fingerprint density at radius 2 is 1.86 bits per heavy atom. The van der Waals surface area contributed by atoms with Crippen LogP contribution in [-0.4, -0.2) is 11.9 Å². The Balaban J connectivity index is 2.56. The zero-order chi connectivity index (χ0) is 16.3. The summed E-state index contributed by atoms with van der Waals surface area (Å²) in [7, 11) is 0. The second-order valence-corrected chi connectivity index (χ2v) is 4.40. The standard InChI is InChI=1S/C15H11NO6/c1-8(17)21-15(22-9(2)18)10-3-4-13-12(5-10)14(19)11(6-16)7-20-13/h3-5,7,15H,1-2H3. The molecular weight excluding hydrogens is 290 g/mol. The lowest BCUT2D eigenvalue weighted by atomic mass is 10.1. The lowest BCUT2D eigenvalue weighted by Crippen LogP contribution is -2.15. The monoisotopic (exact) mass is 301 g/mol. The molecule has 0 atom stereocenters. The third-order valence-corrected chi connectivity index (χ3v) is 2.74. The maximum absolute atomic E-state index is 12.1. The zero-order valence-corrected chi connectivity index (χ0v) is 11.8. The minimum Gasteiger partial charge on any atom is -0.463 e. The average Bonchev–Trinajstić information content (AvgIpc) is 2.46. The number of hydrogen-bond donors (Lipinski definition) is 0. The minimum absolute atomic E-state index is 0.126. The van der Waals surface area contributed by atoms with E-state index in [0.29, 0.717) is 0 Å². The molecule has 0 radical (unpaired) electrons. The number of ether oxygens (including phenoxy) is 2. The third kappa shape index (κ3) is 3.12. The first-order valence-corrected chi connectivity index (χ1v) is 6.22. The van der Waals surface area contributed by atoms with E-state index in [1.807, 2.05) is 0 Å². The highest BCUT2D eigenvalue weighted by Gasteiger charge is 2.19. The van der Waals surface area contributed by atoms with Crippen molar-refractivity contribution >= 4 is 22.9 Å². The summed E-state index contributed by atoms with van der Waals surface area (Å²) in [5, 5.41) is 8.97. The highest BCUT2D eigenvalue weighted by molar-refractivity contribution is 5.78. The fraction of sp³-hybridized carbons (Fsp3) is 0.200. The molecular formula is C15H11NO6. The lowest BCUT2D eigenvalue weighted by molar-refractivity contribution is -0.186. The van der Waals surface area contributed by atoms with Crippen LogP contribution in [0, 0.1) is 11.3 Å². The van der Waals surface area contributed by atoms with Crippen LogP contribution in [0.15, 0.2) is 33.7 Å². The van der Waals surface area contributed by atoms with E-state index in [-0.39, 0.29) is 22.1 Å². The molecule has 0 saturated heterocycles. The van der Waals surface area contributed by atoms with E-state index in [1.54, 1.807) is 6.07 Å². The Kier molecular flexibility index (Phi) is 4.23. The van der Waals surface area contributed by atoms with Crippen LogP contribution in [-0.2, 0) is 19.1 Å². The third-order valence-electron chi connectivity index (χ3n) is 2.74. The number of fused-ring (bicyclic) bond motifs is 1. The van der Waals surface area contributed by atoms with Gasteiger partial charge in [-0.15, -0.1) is 0 Å². The van der Waals surface area contributed by atoms with Crippen molar-refractivity contribution in [1.82, 2.24) is 0 Å². The summed E-state index contributed by atoms with van der Waals surface area (Å²) in [5.74, 6) is -1.30. The second kappa shape index (κ2) is 6.10. The summed E-state index contributed by atoms with van der Waals surface area (Å²) in [4.78, 5) is 34.3. The van der Waals surface area contributed by atoms with Gasteiger partial charge in [-0.2, -0.15) is 5.26 Å². The van der Waals surface area contributed by atoms with Gasteiger partial charge in [0.05, 0.1) is 5.39 Å². The highest BCUT2D eigenvalue weighted by atomic mass is 16.7. The van der Waals surface area contributed by atoms with E-state index in [2.05, 4.69) is 0 Å². The van der Waals surface area contributed by atoms with Crippen molar-refractivity contribution in [2.45, 2.75) is 20.1 Å². The van der Waals surface area contributed by atoms with Gasteiger partial charge in [-0.3, -0.25) is 14.4 Å². The van der Waals surface area contributed by atoms with Crippen molar-refractivity contribution in [2.75, 3.05) is 0 Å². The van der Waals surface area contributed by atoms with Crippen molar-refractivity contribution < 1.29 is 23.5 Å². The van der Waals surface area contributed by atoms with E-state index in [1.165, 1.54) is 32.0 Å². The Morgan fingerprint density at radius 1 is 1.23 bits per heavy atom. The largest absolute Gasteiger partial charge is 0.463 e. The predicted octanol–water partition coefficient (Wildman–Crippen LogP) is 1.79. The van der Waals surface area contributed by atoms with Crippen LogP contribution in [0.2, 0.25) is 0 Å². The van der Waals surface area contributed by atoms with Crippen molar-refractivity contribution in [3.63, 3.8) is 0 Å². The number of nitriles is 1. The van der Waals surface area contributed by atoms with Crippen LogP contribution in [0.4, 0.5) is 0 Å². The molecule has 7 nitrogen and oxygen atoms in total. The van der Waals surface area contributed by atoms with Crippen molar-refractivity contribution in [3.8, 4) is 6.07 Å². The van der Waals surface area contributed by atoms with Gasteiger partial charge in [-0.25, -0.2) is 0 Å². The number of esters is 2. The maximum Gasteiger partial charge on any atom is 0.305 e. The van der Waals surface area contributed by atoms with Crippen molar-refractivity contribution in [2.24, 2.45) is 0 Å². The molecule has 1 heterocycles. The first-order valence-electron chi connectivity index (χ1n) is 6.22. The molecule has 1 aromatic heterocycles. The number of carbonyl (C=O) groups excluding carboxylic acids is 2. The van der Waals surface area contributed by atoms with Crippen molar-refractivity contribution in [3.05, 3.63) is 45.8 Å². The molecule has 1 aromatic carbocycles. The molecule has 0 N–H and O–H groups in total. The minimum atomic E-state index is -1.27. The Bertz CT molecular complexity index is 829.